The second kappa shape index (κ2) is 5.69. The minimum atomic E-state index is 0.310. The molecule has 0 aromatic heterocycles. The molecule has 0 bridgehead atoms. The van der Waals surface area contributed by atoms with Crippen molar-refractivity contribution in [1.29, 1.82) is 0 Å². The summed E-state index contributed by atoms with van der Waals surface area (Å²) < 4.78 is 4.99. The van der Waals surface area contributed by atoms with Gasteiger partial charge in [0.1, 0.15) is 0 Å². The van der Waals surface area contributed by atoms with Gasteiger partial charge in [0.05, 0.1) is 6.61 Å². The lowest BCUT2D eigenvalue weighted by Crippen LogP contribution is -2.30. The SMILES string of the molecule is CCCC(N)C(C)COC. The van der Waals surface area contributed by atoms with Crippen LogP contribution in [0.25, 0.3) is 0 Å². The third-order valence-electron chi connectivity index (χ3n) is 1.78. The summed E-state index contributed by atoms with van der Waals surface area (Å²) >= 11 is 0. The second-order valence-electron chi connectivity index (χ2n) is 2.89. The van der Waals surface area contributed by atoms with Crippen molar-refractivity contribution in [2.45, 2.75) is 32.7 Å². The van der Waals surface area contributed by atoms with E-state index < -0.39 is 0 Å². The fraction of sp³-hybridized carbons (Fsp3) is 1.00. The van der Waals surface area contributed by atoms with E-state index in [4.69, 9.17) is 10.5 Å². The first-order valence-corrected chi connectivity index (χ1v) is 3.96. The zero-order chi connectivity index (χ0) is 7.98. The molecule has 2 nitrogen and oxygen atoms in total. The maximum Gasteiger partial charge on any atom is 0.0502 e. The molecule has 0 rings (SSSR count). The van der Waals surface area contributed by atoms with Crippen molar-refractivity contribution in [3.63, 3.8) is 0 Å². The Hall–Kier alpha value is -0.0800. The molecule has 0 saturated carbocycles. The van der Waals surface area contributed by atoms with Gasteiger partial charge in [0.15, 0.2) is 0 Å². The highest BCUT2D eigenvalue weighted by molar-refractivity contribution is 4.67. The monoisotopic (exact) mass is 145 g/mol. The van der Waals surface area contributed by atoms with E-state index in [1.165, 1.54) is 0 Å². The van der Waals surface area contributed by atoms with E-state index in [2.05, 4.69) is 13.8 Å². The van der Waals surface area contributed by atoms with Crippen LogP contribution in [0.5, 0.6) is 0 Å². The van der Waals surface area contributed by atoms with Gasteiger partial charge in [0.25, 0.3) is 0 Å². The number of rotatable bonds is 5. The predicted octanol–water partition coefficient (Wildman–Crippen LogP) is 1.40. The van der Waals surface area contributed by atoms with Crippen molar-refractivity contribution in [3.8, 4) is 0 Å². The second-order valence-corrected chi connectivity index (χ2v) is 2.89. The van der Waals surface area contributed by atoms with E-state index in [1.54, 1.807) is 7.11 Å². The van der Waals surface area contributed by atoms with Crippen molar-refractivity contribution in [2.75, 3.05) is 13.7 Å². The molecule has 0 aromatic carbocycles. The zero-order valence-electron chi connectivity index (χ0n) is 7.26. The molecule has 0 radical (unpaired) electrons. The molecule has 2 unspecified atom stereocenters. The summed E-state index contributed by atoms with van der Waals surface area (Å²) in [6.07, 6.45) is 2.26. The van der Waals surface area contributed by atoms with Crippen molar-refractivity contribution >= 4 is 0 Å². The molecular formula is C8H19NO. The molecule has 0 aromatic rings. The molecule has 10 heavy (non-hydrogen) atoms. The lowest BCUT2D eigenvalue weighted by atomic mass is 10.00. The number of methoxy groups -OCH3 is 1. The van der Waals surface area contributed by atoms with Crippen LogP contribution in [0.3, 0.4) is 0 Å². The molecule has 0 aliphatic carbocycles. The van der Waals surface area contributed by atoms with Crippen LogP contribution in [0.4, 0.5) is 0 Å². The van der Waals surface area contributed by atoms with Crippen LogP contribution >= 0.6 is 0 Å². The van der Waals surface area contributed by atoms with Gasteiger partial charge >= 0.3 is 0 Å². The summed E-state index contributed by atoms with van der Waals surface area (Å²) in [7, 11) is 1.72. The average Bonchev–Trinajstić information content (AvgIpc) is 1.89. The molecule has 2 heteroatoms. The van der Waals surface area contributed by atoms with Crippen molar-refractivity contribution in [2.24, 2.45) is 11.7 Å². The molecule has 0 heterocycles. The van der Waals surface area contributed by atoms with Gasteiger partial charge in [-0.2, -0.15) is 0 Å². The van der Waals surface area contributed by atoms with E-state index in [0.717, 1.165) is 19.4 Å². The summed E-state index contributed by atoms with van der Waals surface area (Å²) in [6, 6.07) is 0.310. The standard InChI is InChI=1S/C8H19NO/c1-4-5-8(9)7(2)6-10-3/h7-8H,4-6,9H2,1-3H3. The first-order valence-electron chi connectivity index (χ1n) is 3.96. The van der Waals surface area contributed by atoms with Crippen LogP contribution in [0.1, 0.15) is 26.7 Å². The average molecular weight is 145 g/mol. The Labute approximate surface area is 63.7 Å². The fourth-order valence-electron chi connectivity index (χ4n) is 1.00. The third kappa shape index (κ3) is 3.85. The van der Waals surface area contributed by atoms with Gasteiger partial charge < -0.3 is 10.5 Å². The molecule has 2 N–H and O–H groups in total. The number of hydrogen-bond donors (Lipinski definition) is 1. The van der Waals surface area contributed by atoms with Crippen LogP contribution in [-0.4, -0.2) is 19.8 Å². The minimum absolute atomic E-state index is 0.310. The molecule has 0 amide bonds. The Morgan fingerprint density at radius 2 is 2.10 bits per heavy atom. The normalized spacial score (nSPS) is 16.8. The molecule has 2 atom stereocenters. The highest BCUT2D eigenvalue weighted by atomic mass is 16.5. The number of nitrogens with two attached hydrogens (primary N) is 1. The molecule has 0 saturated heterocycles. The Kier molecular flexibility index (Phi) is 5.64. The zero-order valence-corrected chi connectivity index (χ0v) is 7.26. The van der Waals surface area contributed by atoms with Crippen molar-refractivity contribution < 1.29 is 4.74 Å². The maximum absolute atomic E-state index is 5.83. The van der Waals surface area contributed by atoms with Crippen molar-refractivity contribution in [1.82, 2.24) is 0 Å². The van der Waals surface area contributed by atoms with E-state index in [1.807, 2.05) is 0 Å². The molecule has 62 valence electrons. The predicted molar refractivity (Wildman–Crippen MR) is 43.9 cm³/mol. The molecule has 0 aliphatic heterocycles. The van der Waals surface area contributed by atoms with Crippen LogP contribution in [0.15, 0.2) is 0 Å². The Bertz CT molecular complexity index is 65.7. The summed E-state index contributed by atoms with van der Waals surface area (Å²) in [4.78, 5) is 0. The summed E-state index contributed by atoms with van der Waals surface area (Å²) in [5, 5.41) is 0. The molecule has 0 aliphatic rings. The van der Waals surface area contributed by atoms with E-state index in [0.29, 0.717) is 12.0 Å². The van der Waals surface area contributed by atoms with Gasteiger partial charge in [-0.3, -0.25) is 0 Å². The van der Waals surface area contributed by atoms with Crippen LogP contribution < -0.4 is 5.73 Å². The number of ether oxygens (including phenoxy) is 1. The van der Waals surface area contributed by atoms with Gasteiger partial charge in [-0.05, 0) is 12.3 Å². The van der Waals surface area contributed by atoms with Gasteiger partial charge in [0, 0.05) is 13.2 Å². The van der Waals surface area contributed by atoms with Crippen LogP contribution in [0, 0.1) is 5.92 Å². The minimum Gasteiger partial charge on any atom is -0.384 e. The van der Waals surface area contributed by atoms with Gasteiger partial charge in [-0.15, -0.1) is 0 Å². The Balaban J connectivity index is 3.38. The van der Waals surface area contributed by atoms with E-state index in [-0.39, 0.29) is 0 Å². The smallest absolute Gasteiger partial charge is 0.0502 e. The lowest BCUT2D eigenvalue weighted by Gasteiger charge is -2.17. The highest BCUT2D eigenvalue weighted by Gasteiger charge is 2.10. The van der Waals surface area contributed by atoms with Crippen LogP contribution in [-0.2, 0) is 4.74 Å². The van der Waals surface area contributed by atoms with E-state index in [9.17, 15) is 0 Å². The van der Waals surface area contributed by atoms with Gasteiger partial charge in [-0.1, -0.05) is 20.3 Å². The molecule has 0 fully saturated rings. The maximum atomic E-state index is 5.83. The van der Waals surface area contributed by atoms with Crippen molar-refractivity contribution in [3.05, 3.63) is 0 Å². The molecule has 0 spiro atoms. The highest BCUT2D eigenvalue weighted by Crippen LogP contribution is 2.06. The first kappa shape index (κ1) is 9.92. The number of hydrogen-bond acceptors (Lipinski definition) is 2. The van der Waals surface area contributed by atoms with Gasteiger partial charge in [-0.25, -0.2) is 0 Å². The summed E-state index contributed by atoms with van der Waals surface area (Å²) in [6.45, 7) is 5.06. The fourth-order valence-corrected chi connectivity index (χ4v) is 1.00. The Morgan fingerprint density at radius 3 is 2.50 bits per heavy atom. The largest absolute Gasteiger partial charge is 0.384 e. The molecular weight excluding hydrogens is 126 g/mol. The topological polar surface area (TPSA) is 35.2 Å². The van der Waals surface area contributed by atoms with Gasteiger partial charge in [0.2, 0.25) is 0 Å². The van der Waals surface area contributed by atoms with E-state index >= 15 is 0 Å². The van der Waals surface area contributed by atoms with Crippen LogP contribution in [0.2, 0.25) is 0 Å². The summed E-state index contributed by atoms with van der Waals surface area (Å²) in [5.74, 6) is 0.491. The lowest BCUT2D eigenvalue weighted by molar-refractivity contribution is 0.145. The quantitative estimate of drug-likeness (QED) is 0.634. The Morgan fingerprint density at radius 1 is 1.50 bits per heavy atom. The first-order chi connectivity index (χ1) is 4.72. The third-order valence-corrected chi connectivity index (χ3v) is 1.78. The summed E-state index contributed by atoms with van der Waals surface area (Å²) in [5.41, 5.74) is 5.83.